The van der Waals surface area contributed by atoms with Crippen LogP contribution in [0.3, 0.4) is 0 Å². The molecule has 1 rings (SSSR count). The van der Waals surface area contributed by atoms with Crippen LogP contribution in [0.15, 0.2) is 28.7 Å². The van der Waals surface area contributed by atoms with Crippen molar-refractivity contribution in [2.24, 2.45) is 0 Å². The lowest BCUT2D eigenvalue weighted by atomic mass is 10.0. The van der Waals surface area contributed by atoms with Crippen LogP contribution < -0.4 is 5.32 Å². The van der Waals surface area contributed by atoms with Crippen molar-refractivity contribution < 1.29 is 9.90 Å². The number of hydrogen-bond acceptors (Lipinski definition) is 2. The Morgan fingerprint density at radius 2 is 2.21 bits per heavy atom. The number of rotatable bonds is 5. The zero-order chi connectivity index (χ0) is 14.5. The van der Waals surface area contributed by atoms with E-state index in [2.05, 4.69) is 21.2 Å². The third-order valence-electron chi connectivity index (χ3n) is 2.98. The first-order valence-electron chi connectivity index (χ1n) is 6.28. The minimum atomic E-state index is -0.853. The lowest BCUT2D eigenvalue weighted by Crippen LogP contribution is -2.39. The molecule has 1 unspecified atom stereocenters. The number of aliphatic hydroxyl groups is 1. The summed E-state index contributed by atoms with van der Waals surface area (Å²) in [6.07, 6.45) is 3.82. The van der Waals surface area contributed by atoms with Gasteiger partial charge in [0, 0.05) is 17.1 Å². The van der Waals surface area contributed by atoms with Gasteiger partial charge in [0.05, 0.1) is 5.60 Å². The maximum absolute atomic E-state index is 11.6. The van der Waals surface area contributed by atoms with Gasteiger partial charge < -0.3 is 10.4 Å². The molecule has 0 aliphatic rings. The molecule has 3 nitrogen and oxygen atoms in total. The molecule has 1 aromatic rings. The fourth-order valence-corrected chi connectivity index (χ4v) is 2.02. The van der Waals surface area contributed by atoms with Crippen molar-refractivity contribution in [3.63, 3.8) is 0 Å². The van der Waals surface area contributed by atoms with E-state index in [1.807, 2.05) is 32.0 Å². The predicted molar refractivity (Wildman–Crippen MR) is 81.8 cm³/mol. The van der Waals surface area contributed by atoms with E-state index in [0.29, 0.717) is 6.42 Å². The Morgan fingerprint density at radius 3 is 2.79 bits per heavy atom. The van der Waals surface area contributed by atoms with E-state index < -0.39 is 5.60 Å². The topological polar surface area (TPSA) is 49.3 Å². The predicted octanol–water partition coefficient (Wildman–Crippen LogP) is 3.05. The first kappa shape index (κ1) is 15.9. The Hall–Kier alpha value is -1.13. The van der Waals surface area contributed by atoms with Gasteiger partial charge in [-0.1, -0.05) is 35.0 Å². The molecule has 0 bridgehead atoms. The van der Waals surface area contributed by atoms with E-state index in [0.717, 1.165) is 15.6 Å². The van der Waals surface area contributed by atoms with Gasteiger partial charge in [-0.15, -0.1) is 0 Å². The van der Waals surface area contributed by atoms with Crippen molar-refractivity contribution in [2.45, 2.75) is 32.8 Å². The van der Waals surface area contributed by atoms with Crippen LogP contribution in [-0.2, 0) is 4.79 Å². The average molecular weight is 326 g/mol. The molecule has 0 aromatic heterocycles. The smallest absolute Gasteiger partial charge is 0.244 e. The van der Waals surface area contributed by atoms with E-state index in [1.165, 1.54) is 6.08 Å². The summed E-state index contributed by atoms with van der Waals surface area (Å²) in [5.41, 5.74) is 1.25. The molecule has 0 radical (unpaired) electrons. The lowest BCUT2D eigenvalue weighted by molar-refractivity contribution is -0.117. The number of halogens is 1. The van der Waals surface area contributed by atoms with Crippen molar-refractivity contribution in [3.8, 4) is 0 Å². The molecule has 0 aliphatic heterocycles. The third-order valence-corrected chi connectivity index (χ3v) is 3.66. The lowest BCUT2D eigenvalue weighted by Gasteiger charge is -2.20. The number of carbonyl (C=O) groups excluding carboxylic acids is 1. The Bertz CT molecular complexity index is 481. The van der Waals surface area contributed by atoms with Gasteiger partial charge in [0.15, 0.2) is 0 Å². The van der Waals surface area contributed by atoms with Gasteiger partial charge in [0.25, 0.3) is 0 Å². The van der Waals surface area contributed by atoms with Crippen LogP contribution in [0.25, 0.3) is 6.08 Å². The largest absolute Gasteiger partial charge is 0.388 e. The van der Waals surface area contributed by atoms with E-state index in [1.54, 1.807) is 13.0 Å². The standard InChI is InChI=1S/C15H20BrNO2/c1-4-15(3,19)10-17-14(18)8-7-12-6-5-11(2)9-13(12)16/h5-9,19H,4,10H2,1-3H3,(H,17,18). The number of aryl methyl sites for hydroxylation is 1. The molecular weight excluding hydrogens is 306 g/mol. The molecule has 0 fully saturated rings. The molecule has 4 heteroatoms. The van der Waals surface area contributed by atoms with Crippen molar-refractivity contribution in [1.82, 2.24) is 5.32 Å². The molecule has 1 atom stereocenters. The zero-order valence-corrected chi connectivity index (χ0v) is 13.1. The SMILES string of the molecule is CCC(C)(O)CNC(=O)C=Cc1ccc(C)cc1Br. The van der Waals surface area contributed by atoms with Gasteiger partial charge in [-0.3, -0.25) is 4.79 Å². The van der Waals surface area contributed by atoms with Gasteiger partial charge in [0.2, 0.25) is 5.91 Å². The third kappa shape index (κ3) is 5.57. The van der Waals surface area contributed by atoms with Gasteiger partial charge in [-0.25, -0.2) is 0 Å². The fourth-order valence-electron chi connectivity index (χ4n) is 1.39. The van der Waals surface area contributed by atoms with Crippen LogP contribution in [0.1, 0.15) is 31.4 Å². The highest BCUT2D eigenvalue weighted by Crippen LogP contribution is 2.19. The second kappa shape index (κ2) is 6.87. The number of hydrogen-bond donors (Lipinski definition) is 2. The zero-order valence-electron chi connectivity index (χ0n) is 11.5. The number of benzene rings is 1. The molecule has 0 spiro atoms. The van der Waals surface area contributed by atoms with E-state index in [4.69, 9.17) is 0 Å². The number of amides is 1. The summed E-state index contributed by atoms with van der Waals surface area (Å²) in [7, 11) is 0. The summed E-state index contributed by atoms with van der Waals surface area (Å²) < 4.78 is 0.956. The highest BCUT2D eigenvalue weighted by atomic mass is 79.9. The second-order valence-corrected chi connectivity index (χ2v) is 5.78. The van der Waals surface area contributed by atoms with E-state index in [9.17, 15) is 9.90 Å². The van der Waals surface area contributed by atoms with Crippen LogP contribution in [0.2, 0.25) is 0 Å². The van der Waals surface area contributed by atoms with Crippen LogP contribution in [0.5, 0.6) is 0 Å². The Labute approximate surface area is 122 Å². The van der Waals surface area contributed by atoms with Gasteiger partial charge >= 0.3 is 0 Å². The maximum atomic E-state index is 11.6. The molecule has 0 saturated carbocycles. The van der Waals surface area contributed by atoms with Crippen molar-refractivity contribution in [2.75, 3.05) is 6.54 Å². The van der Waals surface area contributed by atoms with Gasteiger partial charge in [-0.2, -0.15) is 0 Å². The summed E-state index contributed by atoms with van der Waals surface area (Å²) in [5.74, 6) is -0.207. The van der Waals surface area contributed by atoms with Crippen molar-refractivity contribution in [1.29, 1.82) is 0 Å². The first-order chi connectivity index (χ1) is 8.84. The number of carbonyl (C=O) groups is 1. The molecule has 0 aliphatic carbocycles. The maximum Gasteiger partial charge on any atom is 0.244 e. The highest BCUT2D eigenvalue weighted by Gasteiger charge is 2.17. The monoisotopic (exact) mass is 325 g/mol. The molecule has 1 amide bonds. The summed E-state index contributed by atoms with van der Waals surface area (Å²) in [4.78, 5) is 11.6. The second-order valence-electron chi connectivity index (χ2n) is 4.93. The Kier molecular flexibility index (Phi) is 5.76. The Balaban J connectivity index is 2.59. The summed E-state index contributed by atoms with van der Waals surface area (Å²) >= 11 is 3.46. The molecule has 1 aromatic carbocycles. The quantitative estimate of drug-likeness (QED) is 0.817. The minimum absolute atomic E-state index is 0.207. The molecule has 2 N–H and O–H groups in total. The Morgan fingerprint density at radius 1 is 1.53 bits per heavy atom. The van der Waals surface area contributed by atoms with Gasteiger partial charge in [0.1, 0.15) is 0 Å². The summed E-state index contributed by atoms with van der Waals surface area (Å²) in [5, 5.41) is 12.5. The molecule has 0 heterocycles. The van der Waals surface area contributed by atoms with E-state index in [-0.39, 0.29) is 12.5 Å². The number of nitrogens with one attached hydrogen (secondary N) is 1. The molecule has 0 saturated heterocycles. The average Bonchev–Trinajstić information content (AvgIpc) is 2.35. The molecular formula is C15H20BrNO2. The first-order valence-corrected chi connectivity index (χ1v) is 7.08. The van der Waals surface area contributed by atoms with Crippen molar-refractivity contribution >= 4 is 27.9 Å². The summed E-state index contributed by atoms with van der Waals surface area (Å²) in [6.45, 7) is 5.85. The van der Waals surface area contributed by atoms with Crippen LogP contribution >= 0.6 is 15.9 Å². The highest BCUT2D eigenvalue weighted by molar-refractivity contribution is 9.10. The van der Waals surface area contributed by atoms with E-state index >= 15 is 0 Å². The van der Waals surface area contributed by atoms with Crippen molar-refractivity contribution in [3.05, 3.63) is 39.9 Å². The normalized spacial score (nSPS) is 14.4. The fraction of sp³-hybridized carbons (Fsp3) is 0.400. The van der Waals surface area contributed by atoms with Gasteiger partial charge in [-0.05, 0) is 43.5 Å². The molecule has 19 heavy (non-hydrogen) atoms. The minimum Gasteiger partial charge on any atom is -0.388 e. The van der Waals surface area contributed by atoms with Crippen LogP contribution in [0, 0.1) is 6.92 Å². The summed E-state index contributed by atoms with van der Waals surface area (Å²) in [6, 6.07) is 5.94. The van der Waals surface area contributed by atoms with Crippen LogP contribution in [-0.4, -0.2) is 23.2 Å². The molecule has 104 valence electrons. The van der Waals surface area contributed by atoms with Crippen LogP contribution in [0.4, 0.5) is 0 Å².